The Bertz CT molecular complexity index is 124. The average Bonchev–Trinajstić information content (AvgIpc) is 2.14. The maximum absolute atomic E-state index is 10.2. The second kappa shape index (κ2) is 3.06. The highest BCUT2D eigenvalue weighted by molar-refractivity contribution is 5.81. The standard InChI is InChI=1S/C4H6N2O2.CH4/c7-2-3-1-5-4(8)6-3;/h2-3H,1H2,(H2,5,6,8);1H4. The maximum Gasteiger partial charge on any atom is 0.315 e. The summed E-state index contributed by atoms with van der Waals surface area (Å²) in [6.45, 7) is 0.419. The van der Waals surface area contributed by atoms with E-state index in [1.807, 2.05) is 0 Å². The van der Waals surface area contributed by atoms with Gasteiger partial charge >= 0.3 is 6.03 Å². The molecule has 0 aromatic rings. The molecular formula is C5H10N2O2. The van der Waals surface area contributed by atoms with E-state index in [1.54, 1.807) is 0 Å². The number of carbonyl (C=O) groups is 2. The van der Waals surface area contributed by atoms with Crippen molar-refractivity contribution in [3.63, 3.8) is 0 Å². The third-order valence-electron chi connectivity index (χ3n) is 0.963. The lowest BCUT2D eigenvalue weighted by atomic mass is 10.4. The van der Waals surface area contributed by atoms with Gasteiger partial charge in [-0.05, 0) is 0 Å². The monoisotopic (exact) mass is 130 g/mol. The fraction of sp³-hybridized carbons (Fsp3) is 0.600. The van der Waals surface area contributed by atoms with Crippen LogP contribution in [0.5, 0.6) is 0 Å². The molecule has 4 nitrogen and oxygen atoms in total. The smallest absolute Gasteiger partial charge is 0.315 e. The summed E-state index contributed by atoms with van der Waals surface area (Å²) in [5.74, 6) is 0. The van der Waals surface area contributed by atoms with Crippen LogP contribution < -0.4 is 10.6 Å². The van der Waals surface area contributed by atoms with Crippen LogP contribution >= 0.6 is 0 Å². The minimum absolute atomic E-state index is 0. The summed E-state index contributed by atoms with van der Waals surface area (Å²) in [7, 11) is 0. The lowest BCUT2D eigenvalue weighted by Crippen LogP contribution is -2.27. The van der Waals surface area contributed by atoms with Gasteiger partial charge in [-0.1, -0.05) is 7.43 Å². The van der Waals surface area contributed by atoms with Gasteiger partial charge in [-0.3, -0.25) is 0 Å². The molecule has 1 saturated heterocycles. The van der Waals surface area contributed by atoms with Crippen molar-refractivity contribution in [3.8, 4) is 0 Å². The van der Waals surface area contributed by atoms with Crippen molar-refractivity contribution in [1.29, 1.82) is 0 Å². The van der Waals surface area contributed by atoms with E-state index in [1.165, 1.54) is 0 Å². The highest BCUT2D eigenvalue weighted by Crippen LogP contribution is 1.83. The molecule has 2 amide bonds. The normalized spacial score (nSPS) is 23.6. The molecule has 0 aromatic heterocycles. The molecule has 1 unspecified atom stereocenters. The van der Waals surface area contributed by atoms with Crippen LogP contribution in [0.15, 0.2) is 0 Å². The first kappa shape index (κ1) is 7.94. The summed E-state index contributed by atoms with van der Waals surface area (Å²) in [6.07, 6.45) is 0.706. The van der Waals surface area contributed by atoms with Crippen LogP contribution in [-0.4, -0.2) is 24.9 Å². The lowest BCUT2D eigenvalue weighted by Gasteiger charge is -1.91. The molecule has 0 aromatic carbocycles. The third kappa shape index (κ3) is 1.71. The first-order valence-electron chi connectivity index (χ1n) is 2.32. The summed E-state index contributed by atoms with van der Waals surface area (Å²) in [4.78, 5) is 20.1. The van der Waals surface area contributed by atoms with Crippen molar-refractivity contribution in [2.75, 3.05) is 6.54 Å². The van der Waals surface area contributed by atoms with E-state index in [0.29, 0.717) is 12.8 Å². The van der Waals surface area contributed by atoms with Crippen LogP contribution in [0.2, 0.25) is 0 Å². The van der Waals surface area contributed by atoms with Gasteiger partial charge in [-0.2, -0.15) is 0 Å². The van der Waals surface area contributed by atoms with E-state index < -0.39 is 0 Å². The first-order chi connectivity index (χ1) is 3.83. The van der Waals surface area contributed by atoms with Crippen LogP contribution in [0.25, 0.3) is 0 Å². The summed E-state index contributed by atoms with van der Waals surface area (Å²) >= 11 is 0. The SMILES string of the molecule is C.O=CC1CNC(=O)N1. The zero-order chi connectivity index (χ0) is 5.98. The Morgan fingerprint density at radius 2 is 2.33 bits per heavy atom. The molecule has 0 saturated carbocycles. The molecule has 0 bridgehead atoms. The summed E-state index contributed by atoms with van der Waals surface area (Å²) in [5, 5.41) is 4.82. The van der Waals surface area contributed by atoms with Gasteiger partial charge in [-0.15, -0.1) is 0 Å². The number of rotatable bonds is 1. The highest BCUT2D eigenvalue weighted by Gasteiger charge is 2.17. The number of carbonyl (C=O) groups excluding carboxylic acids is 2. The Balaban J connectivity index is 0.000000640. The van der Waals surface area contributed by atoms with Crippen LogP contribution in [0.4, 0.5) is 4.79 Å². The topological polar surface area (TPSA) is 58.2 Å². The number of hydrogen-bond acceptors (Lipinski definition) is 2. The molecule has 52 valence electrons. The molecule has 1 rings (SSSR count). The summed E-state index contributed by atoms with van der Waals surface area (Å²) in [6, 6.07) is -0.579. The number of nitrogens with one attached hydrogen (secondary N) is 2. The second-order valence-corrected chi connectivity index (χ2v) is 1.60. The van der Waals surface area contributed by atoms with Crippen molar-refractivity contribution in [2.24, 2.45) is 0 Å². The molecule has 0 radical (unpaired) electrons. The Hall–Kier alpha value is -1.06. The van der Waals surface area contributed by atoms with Gasteiger partial charge < -0.3 is 15.4 Å². The number of urea groups is 1. The molecule has 4 heteroatoms. The van der Waals surface area contributed by atoms with Gasteiger partial charge in [0.1, 0.15) is 12.3 Å². The van der Waals surface area contributed by atoms with E-state index in [4.69, 9.17) is 0 Å². The van der Waals surface area contributed by atoms with Gasteiger partial charge in [0.2, 0.25) is 0 Å². The quantitative estimate of drug-likeness (QED) is 0.470. The van der Waals surface area contributed by atoms with Gasteiger partial charge in [-0.25, -0.2) is 4.79 Å². The Morgan fingerprint density at radius 1 is 1.67 bits per heavy atom. The fourth-order valence-corrected chi connectivity index (χ4v) is 0.555. The molecule has 1 aliphatic rings. The zero-order valence-corrected chi connectivity index (χ0v) is 4.18. The van der Waals surface area contributed by atoms with E-state index >= 15 is 0 Å². The zero-order valence-electron chi connectivity index (χ0n) is 4.18. The molecule has 1 atom stereocenters. The lowest BCUT2D eigenvalue weighted by molar-refractivity contribution is -0.108. The van der Waals surface area contributed by atoms with Crippen molar-refractivity contribution in [1.82, 2.24) is 10.6 Å². The molecule has 1 aliphatic heterocycles. The van der Waals surface area contributed by atoms with Gasteiger partial charge in [0.25, 0.3) is 0 Å². The van der Waals surface area contributed by atoms with Crippen LogP contribution in [0.1, 0.15) is 7.43 Å². The van der Waals surface area contributed by atoms with E-state index in [9.17, 15) is 9.59 Å². The van der Waals surface area contributed by atoms with E-state index in [2.05, 4.69) is 10.6 Å². The summed E-state index contributed by atoms with van der Waals surface area (Å²) in [5.41, 5.74) is 0. The van der Waals surface area contributed by atoms with Crippen molar-refractivity contribution in [2.45, 2.75) is 13.5 Å². The Kier molecular flexibility index (Phi) is 2.70. The fourth-order valence-electron chi connectivity index (χ4n) is 0.555. The minimum Gasteiger partial charge on any atom is -0.336 e. The number of hydrogen-bond donors (Lipinski definition) is 2. The molecule has 1 fully saturated rings. The second-order valence-electron chi connectivity index (χ2n) is 1.60. The molecule has 0 spiro atoms. The predicted octanol–water partition coefficient (Wildman–Crippen LogP) is -0.497. The Labute approximate surface area is 53.6 Å². The van der Waals surface area contributed by atoms with Crippen molar-refractivity contribution >= 4 is 12.3 Å². The molecule has 0 aliphatic carbocycles. The molecular weight excluding hydrogens is 120 g/mol. The largest absolute Gasteiger partial charge is 0.336 e. The molecule has 9 heavy (non-hydrogen) atoms. The highest BCUT2D eigenvalue weighted by atomic mass is 16.2. The predicted molar refractivity (Wildman–Crippen MR) is 33.1 cm³/mol. The van der Waals surface area contributed by atoms with Crippen LogP contribution in [0.3, 0.4) is 0 Å². The third-order valence-corrected chi connectivity index (χ3v) is 0.963. The average molecular weight is 130 g/mol. The van der Waals surface area contributed by atoms with E-state index in [0.717, 1.165) is 0 Å². The van der Waals surface area contributed by atoms with Crippen LogP contribution in [-0.2, 0) is 4.79 Å². The molecule has 2 N–H and O–H groups in total. The summed E-state index contributed by atoms with van der Waals surface area (Å²) < 4.78 is 0. The van der Waals surface area contributed by atoms with Crippen molar-refractivity contribution < 1.29 is 9.59 Å². The van der Waals surface area contributed by atoms with Gasteiger partial charge in [0.05, 0.1) is 0 Å². The number of amides is 2. The number of aldehydes is 1. The Morgan fingerprint density at radius 3 is 2.56 bits per heavy atom. The van der Waals surface area contributed by atoms with Gasteiger partial charge in [0.15, 0.2) is 0 Å². The maximum atomic E-state index is 10.2. The van der Waals surface area contributed by atoms with Crippen molar-refractivity contribution in [3.05, 3.63) is 0 Å². The van der Waals surface area contributed by atoms with Crippen LogP contribution in [0, 0.1) is 0 Å². The van der Waals surface area contributed by atoms with Gasteiger partial charge in [0, 0.05) is 6.54 Å². The van der Waals surface area contributed by atoms with E-state index in [-0.39, 0.29) is 19.5 Å². The first-order valence-corrected chi connectivity index (χ1v) is 2.32. The minimum atomic E-state index is -0.317. The molecule has 1 heterocycles.